The molecule has 2 nitrogen and oxygen atoms in total. The van der Waals surface area contributed by atoms with Crippen LogP contribution in [0.4, 0.5) is 4.39 Å². The van der Waals surface area contributed by atoms with Gasteiger partial charge >= 0.3 is 0 Å². The highest BCUT2D eigenvalue weighted by atomic mass is 32.2. The highest BCUT2D eigenvalue weighted by Gasteiger charge is 2.26. The van der Waals surface area contributed by atoms with Crippen LogP contribution in [0, 0.1) is 5.82 Å². The molecular formula is C13H17FO2S. The van der Waals surface area contributed by atoms with E-state index in [0.29, 0.717) is 10.8 Å². The zero-order valence-electron chi connectivity index (χ0n) is 10.0. The largest absolute Gasteiger partial charge is 0.389 e. The molecule has 0 spiro atoms. The number of aliphatic hydroxyl groups excluding tert-OH is 1. The molecule has 0 aliphatic carbocycles. The predicted octanol–water partition coefficient (Wildman–Crippen LogP) is 3.15. The van der Waals surface area contributed by atoms with Crippen molar-refractivity contribution in [2.24, 2.45) is 0 Å². The zero-order valence-corrected chi connectivity index (χ0v) is 10.8. The molecule has 1 aliphatic rings. The summed E-state index contributed by atoms with van der Waals surface area (Å²) in [6.07, 6.45) is 0.570. The molecule has 1 aliphatic heterocycles. The SMILES string of the molecule is CC(O)c1cc(F)ccc1SC1CCOC1C. The van der Waals surface area contributed by atoms with Crippen LogP contribution >= 0.6 is 11.8 Å². The summed E-state index contributed by atoms with van der Waals surface area (Å²) in [5, 5.41) is 10.0. The molecule has 94 valence electrons. The Bertz CT molecular complexity index is 395. The molecule has 0 amide bonds. The third-order valence-electron chi connectivity index (χ3n) is 3.01. The van der Waals surface area contributed by atoms with Crippen molar-refractivity contribution in [3.63, 3.8) is 0 Å². The van der Waals surface area contributed by atoms with Crippen molar-refractivity contribution in [3.05, 3.63) is 29.6 Å². The molecule has 1 N–H and O–H groups in total. The summed E-state index contributed by atoms with van der Waals surface area (Å²) < 4.78 is 18.7. The van der Waals surface area contributed by atoms with Crippen molar-refractivity contribution in [3.8, 4) is 0 Å². The van der Waals surface area contributed by atoms with E-state index >= 15 is 0 Å². The van der Waals surface area contributed by atoms with Crippen molar-refractivity contribution in [2.45, 2.75) is 42.6 Å². The van der Waals surface area contributed by atoms with Gasteiger partial charge in [-0.25, -0.2) is 4.39 Å². The molecule has 0 aromatic heterocycles. The minimum atomic E-state index is -0.647. The first kappa shape index (κ1) is 12.9. The topological polar surface area (TPSA) is 29.5 Å². The summed E-state index contributed by atoms with van der Waals surface area (Å²) in [4.78, 5) is 0.948. The van der Waals surface area contributed by atoms with Crippen LogP contribution in [0.15, 0.2) is 23.1 Å². The van der Waals surface area contributed by atoms with E-state index in [0.717, 1.165) is 17.9 Å². The van der Waals surface area contributed by atoms with Gasteiger partial charge in [0, 0.05) is 16.8 Å². The molecule has 0 radical (unpaired) electrons. The van der Waals surface area contributed by atoms with Gasteiger partial charge in [-0.2, -0.15) is 0 Å². The van der Waals surface area contributed by atoms with E-state index in [9.17, 15) is 9.50 Å². The second-order valence-electron chi connectivity index (χ2n) is 4.38. The summed E-state index contributed by atoms with van der Waals surface area (Å²) in [6, 6.07) is 4.59. The number of hydrogen-bond donors (Lipinski definition) is 1. The smallest absolute Gasteiger partial charge is 0.123 e. The molecule has 1 aromatic rings. The van der Waals surface area contributed by atoms with Crippen LogP contribution in [-0.2, 0) is 4.74 Å². The second-order valence-corrected chi connectivity index (χ2v) is 5.66. The van der Waals surface area contributed by atoms with E-state index in [1.165, 1.54) is 12.1 Å². The van der Waals surface area contributed by atoms with Crippen LogP contribution in [0.1, 0.15) is 31.9 Å². The quantitative estimate of drug-likeness (QED) is 0.901. The van der Waals surface area contributed by atoms with E-state index in [4.69, 9.17) is 4.74 Å². The summed E-state index contributed by atoms with van der Waals surface area (Å²) >= 11 is 1.67. The molecule has 3 unspecified atom stereocenters. The minimum absolute atomic E-state index is 0.215. The van der Waals surface area contributed by atoms with Gasteiger partial charge in [0.25, 0.3) is 0 Å². The summed E-state index contributed by atoms with van der Waals surface area (Å²) in [5.41, 5.74) is 0.661. The summed E-state index contributed by atoms with van der Waals surface area (Å²) in [7, 11) is 0. The maximum Gasteiger partial charge on any atom is 0.123 e. The highest BCUT2D eigenvalue weighted by Crippen LogP contribution is 2.36. The number of rotatable bonds is 3. The first-order valence-corrected chi connectivity index (χ1v) is 6.71. The number of hydrogen-bond acceptors (Lipinski definition) is 3. The molecular weight excluding hydrogens is 239 g/mol. The highest BCUT2D eigenvalue weighted by molar-refractivity contribution is 8.00. The number of ether oxygens (including phenoxy) is 1. The second kappa shape index (κ2) is 5.38. The van der Waals surface area contributed by atoms with Gasteiger partial charge in [-0.05, 0) is 44.0 Å². The zero-order chi connectivity index (χ0) is 12.4. The molecule has 0 bridgehead atoms. The monoisotopic (exact) mass is 256 g/mol. The fourth-order valence-electron chi connectivity index (χ4n) is 1.98. The molecule has 1 aromatic carbocycles. The Kier molecular flexibility index (Phi) is 4.07. The number of halogens is 1. The van der Waals surface area contributed by atoms with E-state index in [2.05, 4.69) is 6.92 Å². The third kappa shape index (κ3) is 3.00. The third-order valence-corrected chi connectivity index (χ3v) is 4.55. The Labute approximate surface area is 105 Å². The van der Waals surface area contributed by atoms with Crippen molar-refractivity contribution >= 4 is 11.8 Å². The standard InChI is InChI=1S/C13H17FO2S/c1-8(15)11-7-10(14)3-4-13(11)17-12-5-6-16-9(12)2/h3-4,7-9,12,15H,5-6H2,1-2H3. The molecule has 0 saturated carbocycles. The molecule has 2 rings (SSSR count). The van der Waals surface area contributed by atoms with Gasteiger partial charge in [0.1, 0.15) is 5.82 Å². The van der Waals surface area contributed by atoms with Crippen LogP contribution in [0.2, 0.25) is 0 Å². The summed E-state index contributed by atoms with van der Waals surface area (Å²) in [6.45, 7) is 4.49. The van der Waals surface area contributed by atoms with Gasteiger partial charge < -0.3 is 9.84 Å². The maximum absolute atomic E-state index is 13.2. The lowest BCUT2D eigenvalue weighted by Gasteiger charge is -2.17. The maximum atomic E-state index is 13.2. The van der Waals surface area contributed by atoms with Gasteiger partial charge in [0.05, 0.1) is 12.2 Å². The van der Waals surface area contributed by atoms with Crippen molar-refractivity contribution in [2.75, 3.05) is 6.61 Å². The normalized spacial score (nSPS) is 26.1. The average molecular weight is 256 g/mol. The lowest BCUT2D eigenvalue weighted by molar-refractivity contribution is 0.127. The molecule has 1 saturated heterocycles. The van der Waals surface area contributed by atoms with Crippen LogP contribution in [-0.4, -0.2) is 23.1 Å². The Morgan fingerprint density at radius 1 is 1.53 bits per heavy atom. The number of thioether (sulfide) groups is 1. The van der Waals surface area contributed by atoms with Crippen molar-refractivity contribution in [1.29, 1.82) is 0 Å². The van der Waals surface area contributed by atoms with Crippen LogP contribution in [0.3, 0.4) is 0 Å². The Morgan fingerprint density at radius 2 is 2.29 bits per heavy atom. The van der Waals surface area contributed by atoms with Crippen LogP contribution in [0.25, 0.3) is 0 Å². The Morgan fingerprint density at radius 3 is 2.88 bits per heavy atom. The fraction of sp³-hybridized carbons (Fsp3) is 0.538. The van der Waals surface area contributed by atoms with Gasteiger partial charge in [-0.1, -0.05) is 0 Å². The fourth-order valence-corrected chi connectivity index (χ4v) is 3.31. The summed E-state index contributed by atoms with van der Waals surface area (Å²) in [5.74, 6) is -0.305. The molecule has 17 heavy (non-hydrogen) atoms. The minimum Gasteiger partial charge on any atom is -0.389 e. The lowest BCUT2D eigenvalue weighted by atomic mass is 10.1. The Hall–Kier alpha value is -0.580. The first-order chi connectivity index (χ1) is 8.08. The molecule has 4 heteroatoms. The van der Waals surface area contributed by atoms with Crippen molar-refractivity contribution in [1.82, 2.24) is 0 Å². The van der Waals surface area contributed by atoms with Gasteiger partial charge in [0.2, 0.25) is 0 Å². The number of benzene rings is 1. The van der Waals surface area contributed by atoms with E-state index < -0.39 is 6.10 Å². The average Bonchev–Trinajstić information content (AvgIpc) is 2.67. The van der Waals surface area contributed by atoms with Crippen molar-refractivity contribution < 1.29 is 14.2 Å². The predicted molar refractivity (Wildman–Crippen MR) is 66.7 cm³/mol. The lowest BCUT2D eigenvalue weighted by Crippen LogP contribution is -2.13. The van der Waals surface area contributed by atoms with Crippen LogP contribution < -0.4 is 0 Å². The molecule has 1 heterocycles. The van der Waals surface area contributed by atoms with Crippen LogP contribution in [0.5, 0.6) is 0 Å². The molecule has 3 atom stereocenters. The number of aliphatic hydroxyl groups is 1. The van der Waals surface area contributed by atoms with Gasteiger partial charge in [-0.15, -0.1) is 11.8 Å². The van der Waals surface area contributed by atoms with E-state index in [1.54, 1.807) is 24.8 Å². The molecule has 1 fully saturated rings. The van der Waals surface area contributed by atoms with Gasteiger partial charge in [0.15, 0.2) is 0 Å². The Balaban J connectivity index is 2.19. The van der Waals surface area contributed by atoms with E-state index in [1.807, 2.05) is 0 Å². The van der Waals surface area contributed by atoms with Gasteiger partial charge in [-0.3, -0.25) is 0 Å². The first-order valence-electron chi connectivity index (χ1n) is 5.83. The van der Waals surface area contributed by atoms with E-state index in [-0.39, 0.29) is 11.9 Å².